The van der Waals surface area contributed by atoms with Crippen LogP contribution in [0.25, 0.3) is 0 Å². The number of aromatic nitrogens is 3. The lowest BCUT2D eigenvalue weighted by Gasteiger charge is -2.29. The molecule has 0 saturated heterocycles. The minimum atomic E-state index is -0.504. The summed E-state index contributed by atoms with van der Waals surface area (Å²) in [4.78, 5) is 18.3. The molecule has 9 nitrogen and oxygen atoms in total. The Bertz CT molecular complexity index is 1270. The van der Waals surface area contributed by atoms with Gasteiger partial charge in [-0.25, -0.2) is 4.68 Å². The molecule has 3 aromatic rings. The van der Waals surface area contributed by atoms with Crippen molar-refractivity contribution in [3.8, 4) is 17.2 Å². The Morgan fingerprint density at radius 2 is 2.00 bits per heavy atom. The summed E-state index contributed by atoms with van der Waals surface area (Å²) in [5, 5.41) is 11.0. The van der Waals surface area contributed by atoms with Crippen LogP contribution in [0, 0.1) is 0 Å². The predicted octanol–water partition coefficient (Wildman–Crippen LogP) is 3.94. The van der Waals surface area contributed by atoms with Crippen LogP contribution in [-0.2, 0) is 11.2 Å². The number of para-hydroxylation sites is 2. The highest BCUT2D eigenvalue weighted by Crippen LogP contribution is 2.40. The summed E-state index contributed by atoms with van der Waals surface area (Å²) >= 11 is 0. The number of methoxy groups -OCH3 is 1. The summed E-state index contributed by atoms with van der Waals surface area (Å²) in [5.74, 6) is 2.98. The van der Waals surface area contributed by atoms with Gasteiger partial charge < -0.3 is 24.8 Å². The molecule has 0 radical (unpaired) electrons. The van der Waals surface area contributed by atoms with Gasteiger partial charge in [-0.15, -0.1) is 0 Å². The molecule has 2 aromatic carbocycles. The molecule has 0 saturated carbocycles. The van der Waals surface area contributed by atoms with Gasteiger partial charge in [0, 0.05) is 18.5 Å². The molecule has 2 aliphatic rings. The summed E-state index contributed by atoms with van der Waals surface area (Å²) in [7, 11) is 1.58. The van der Waals surface area contributed by atoms with E-state index in [1.807, 2.05) is 50.2 Å². The maximum Gasteiger partial charge on any atom is 0.255 e. The lowest BCUT2D eigenvalue weighted by atomic mass is 9.94. The number of nitrogens with one attached hydrogen (secondary N) is 2. The first-order valence-corrected chi connectivity index (χ1v) is 11.4. The van der Waals surface area contributed by atoms with Crippen LogP contribution in [0.5, 0.6) is 17.2 Å². The number of fused-ring (bicyclic) bond motifs is 2. The third-order valence-corrected chi connectivity index (χ3v) is 5.90. The molecule has 0 spiro atoms. The molecule has 5 rings (SSSR count). The summed E-state index contributed by atoms with van der Waals surface area (Å²) in [6.07, 6.45) is 1.49. The average molecular weight is 462 g/mol. The highest BCUT2D eigenvalue weighted by molar-refractivity contribution is 6.06. The van der Waals surface area contributed by atoms with E-state index < -0.39 is 6.04 Å². The number of hydrogen-bond donors (Lipinski definition) is 2. The fourth-order valence-corrected chi connectivity index (χ4v) is 4.23. The Labute approximate surface area is 197 Å². The maximum absolute atomic E-state index is 13.7. The summed E-state index contributed by atoms with van der Waals surface area (Å²) < 4.78 is 18.9. The van der Waals surface area contributed by atoms with Crippen molar-refractivity contribution in [3.63, 3.8) is 0 Å². The minimum Gasteiger partial charge on any atom is -0.495 e. The second-order valence-corrected chi connectivity index (χ2v) is 8.13. The Morgan fingerprint density at radius 3 is 2.79 bits per heavy atom. The van der Waals surface area contributed by atoms with Crippen LogP contribution >= 0.6 is 0 Å². The molecule has 2 aliphatic heterocycles. The van der Waals surface area contributed by atoms with Crippen LogP contribution < -0.4 is 24.8 Å². The number of ether oxygens (including phenoxy) is 3. The molecule has 34 heavy (non-hydrogen) atoms. The Balaban J connectivity index is 1.59. The fourth-order valence-electron chi connectivity index (χ4n) is 4.23. The molecule has 1 aromatic heterocycles. The number of anilines is 2. The van der Waals surface area contributed by atoms with E-state index in [0.717, 1.165) is 12.0 Å². The van der Waals surface area contributed by atoms with E-state index in [-0.39, 0.29) is 5.91 Å². The van der Waals surface area contributed by atoms with Gasteiger partial charge in [0.15, 0.2) is 17.3 Å². The van der Waals surface area contributed by atoms with Gasteiger partial charge in [-0.05, 0) is 36.8 Å². The number of carbonyl (C=O) groups excluding carboxylic acids is 1. The largest absolute Gasteiger partial charge is 0.495 e. The molecule has 0 aliphatic carbocycles. The number of benzene rings is 2. The molecule has 1 amide bonds. The number of carbonyl (C=O) groups is 1. The average Bonchev–Trinajstić information content (AvgIpc) is 3.11. The van der Waals surface area contributed by atoms with E-state index in [1.54, 1.807) is 17.9 Å². The van der Waals surface area contributed by atoms with Gasteiger partial charge in [-0.3, -0.25) is 4.79 Å². The lowest BCUT2D eigenvalue weighted by Crippen LogP contribution is -2.31. The molecule has 9 heteroatoms. The Morgan fingerprint density at radius 1 is 1.21 bits per heavy atom. The van der Waals surface area contributed by atoms with Gasteiger partial charge in [-0.1, -0.05) is 25.1 Å². The molecule has 176 valence electrons. The molecule has 1 atom stereocenters. The van der Waals surface area contributed by atoms with Gasteiger partial charge in [0.2, 0.25) is 5.95 Å². The standard InChI is InChI=1S/C25H27N5O4/c1-4-21-28-25-26-15(2)22(24(31)27-17-8-5-6-9-18(17)32-3)23(30(25)29-21)16-10-11-19-20(14-16)34-13-7-12-33-19/h5-6,8-11,14,23H,4,7,12-13H2,1-3H3,(H,27,31)(H,26,28,29). The first kappa shape index (κ1) is 21.8. The van der Waals surface area contributed by atoms with Crippen molar-refractivity contribution in [1.82, 2.24) is 14.8 Å². The number of nitrogens with zero attached hydrogens (tertiary/aromatic N) is 3. The molecular weight excluding hydrogens is 434 g/mol. The number of hydrogen-bond acceptors (Lipinski definition) is 7. The number of rotatable bonds is 5. The molecule has 1 unspecified atom stereocenters. The third-order valence-electron chi connectivity index (χ3n) is 5.90. The van der Waals surface area contributed by atoms with Gasteiger partial charge >= 0.3 is 0 Å². The Hall–Kier alpha value is -4.01. The highest BCUT2D eigenvalue weighted by Gasteiger charge is 2.35. The maximum atomic E-state index is 13.7. The van der Waals surface area contributed by atoms with Crippen LogP contribution in [0.1, 0.15) is 37.7 Å². The van der Waals surface area contributed by atoms with Crippen molar-refractivity contribution in [1.29, 1.82) is 0 Å². The minimum absolute atomic E-state index is 0.259. The van der Waals surface area contributed by atoms with E-state index in [0.29, 0.717) is 65.6 Å². The first-order chi connectivity index (χ1) is 16.6. The molecule has 0 bridgehead atoms. The quantitative estimate of drug-likeness (QED) is 0.594. The molecular formula is C25H27N5O4. The van der Waals surface area contributed by atoms with Crippen LogP contribution in [0.3, 0.4) is 0 Å². The van der Waals surface area contributed by atoms with E-state index in [4.69, 9.17) is 19.3 Å². The van der Waals surface area contributed by atoms with Crippen molar-refractivity contribution in [2.45, 2.75) is 32.7 Å². The van der Waals surface area contributed by atoms with E-state index in [2.05, 4.69) is 15.6 Å². The zero-order valence-corrected chi connectivity index (χ0v) is 19.4. The third kappa shape index (κ3) is 3.93. The van der Waals surface area contributed by atoms with Gasteiger partial charge in [0.1, 0.15) is 11.8 Å². The van der Waals surface area contributed by atoms with Crippen LogP contribution in [0.4, 0.5) is 11.6 Å². The van der Waals surface area contributed by atoms with Crippen molar-refractivity contribution >= 4 is 17.5 Å². The van der Waals surface area contributed by atoms with Crippen LogP contribution in [-0.4, -0.2) is 41.0 Å². The number of aryl methyl sites for hydroxylation is 1. The van der Waals surface area contributed by atoms with E-state index in [1.165, 1.54) is 0 Å². The topological polar surface area (TPSA) is 99.5 Å². The fraction of sp³-hybridized carbons (Fsp3) is 0.320. The predicted molar refractivity (Wildman–Crippen MR) is 128 cm³/mol. The second-order valence-electron chi connectivity index (χ2n) is 8.13. The van der Waals surface area contributed by atoms with Gasteiger partial charge in [0.25, 0.3) is 5.91 Å². The highest BCUT2D eigenvalue weighted by atomic mass is 16.5. The SMILES string of the molecule is CCc1nc2n(n1)C(c1ccc3c(c1)OCCCO3)C(C(=O)Nc1ccccc1OC)=C(C)N2. The van der Waals surface area contributed by atoms with Gasteiger partial charge in [-0.2, -0.15) is 10.1 Å². The summed E-state index contributed by atoms with van der Waals surface area (Å²) in [6.45, 7) is 5.06. The van der Waals surface area contributed by atoms with Crippen molar-refractivity contribution < 1.29 is 19.0 Å². The zero-order valence-electron chi connectivity index (χ0n) is 19.4. The van der Waals surface area contributed by atoms with Gasteiger partial charge in [0.05, 0.1) is 31.6 Å². The van der Waals surface area contributed by atoms with Crippen LogP contribution in [0.15, 0.2) is 53.7 Å². The summed E-state index contributed by atoms with van der Waals surface area (Å²) in [6, 6.07) is 12.6. The normalized spacial score (nSPS) is 16.9. The van der Waals surface area contributed by atoms with Crippen LogP contribution in [0.2, 0.25) is 0 Å². The first-order valence-electron chi connectivity index (χ1n) is 11.4. The van der Waals surface area contributed by atoms with Crippen molar-refractivity contribution in [2.24, 2.45) is 0 Å². The second kappa shape index (κ2) is 9.09. The molecule has 2 N–H and O–H groups in total. The molecule has 3 heterocycles. The smallest absolute Gasteiger partial charge is 0.255 e. The number of amides is 1. The zero-order chi connectivity index (χ0) is 23.7. The number of allylic oxidation sites excluding steroid dienone is 1. The monoisotopic (exact) mass is 461 g/mol. The van der Waals surface area contributed by atoms with E-state index in [9.17, 15) is 4.79 Å². The Kier molecular flexibility index (Phi) is 5.83. The van der Waals surface area contributed by atoms with Crippen molar-refractivity contribution in [2.75, 3.05) is 31.0 Å². The summed E-state index contributed by atoms with van der Waals surface area (Å²) in [5.41, 5.74) is 2.67. The molecule has 0 fully saturated rings. The van der Waals surface area contributed by atoms with Crippen molar-refractivity contribution in [3.05, 3.63) is 65.1 Å². The van der Waals surface area contributed by atoms with E-state index >= 15 is 0 Å². The lowest BCUT2D eigenvalue weighted by molar-refractivity contribution is -0.113.